The fourth-order valence-corrected chi connectivity index (χ4v) is 7.83. The zero-order valence-corrected chi connectivity index (χ0v) is 22.9. The molecule has 0 unspecified atom stereocenters. The van der Waals surface area contributed by atoms with Gasteiger partial charge in [-0.2, -0.15) is 5.10 Å². The van der Waals surface area contributed by atoms with Crippen molar-refractivity contribution in [3.63, 3.8) is 0 Å². The quantitative estimate of drug-likeness (QED) is 0.267. The van der Waals surface area contributed by atoms with Crippen LogP contribution in [0.5, 0.6) is 0 Å². The molecule has 2 saturated carbocycles. The maximum absolute atomic E-state index is 11.5. The van der Waals surface area contributed by atoms with Crippen molar-refractivity contribution < 1.29 is 9.85 Å². The van der Waals surface area contributed by atoms with E-state index in [4.69, 9.17) is 0 Å². The van der Waals surface area contributed by atoms with Crippen LogP contribution in [0.25, 0.3) is 0 Å². The van der Waals surface area contributed by atoms with Gasteiger partial charge < -0.3 is 0 Å². The molecular weight excluding hydrogens is 468 g/mol. The van der Waals surface area contributed by atoms with E-state index in [9.17, 15) is 20.2 Å². The second-order valence-corrected chi connectivity index (χ2v) is 12.4. The van der Waals surface area contributed by atoms with Gasteiger partial charge in [-0.25, -0.2) is 0 Å². The summed E-state index contributed by atoms with van der Waals surface area (Å²) in [6.45, 7) is 11.9. The number of nitrogens with one attached hydrogen (secondary N) is 1. The van der Waals surface area contributed by atoms with E-state index in [2.05, 4.69) is 57.3 Å². The minimum atomic E-state index is -0.633. The Labute approximate surface area is 220 Å². The summed E-state index contributed by atoms with van der Waals surface area (Å²) in [5, 5.41) is 27.0. The molecule has 1 aromatic rings. The number of fused-ring (bicyclic) bond motifs is 3. The van der Waals surface area contributed by atoms with Crippen molar-refractivity contribution in [3.05, 3.63) is 50.6 Å². The van der Waals surface area contributed by atoms with Gasteiger partial charge in [0.25, 0.3) is 5.69 Å². The summed E-state index contributed by atoms with van der Waals surface area (Å²) in [5.41, 5.74) is 3.61. The predicted octanol–water partition coefficient (Wildman–Crippen LogP) is 8.00. The van der Waals surface area contributed by atoms with Crippen LogP contribution in [0.1, 0.15) is 79.6 Å². The lowest BCUT2D eigenvalue weighted by Crippen LogP contribution is -2.46. The molecule has 0 aliphatic heterocycles. The fourth-order valence-electron chi connectivity index (χ4n) is 7.83. The van der Waals surface area contributed by atoms with E-state index < -0.39 is 9.85 Å². The van der Waals surface area contributed by atoms with Gasteiger partial charge in [-0.1, -0.05) is 60.0 Å². The van der Waals surface area contributed by atoms with Gasteiger partial charge in [0.1, 0.15) is 5.69 Å². The highest BCUT2D eigenvalue weighted by atomic mass is 16.6. The molecule has 0 radical (unpaired) electrons. The largest absolute Gasteiger partial charge is 0.301 e. The van der Waals surface area contributed by atoms with Crippen LogP contribution in [0.15, 0.2) is 35.5 Å². The molecule has 0 saturated heterocycles. The molecule has 0 aromatic heterocycles. The Morgan fingerprint density at radius 3 is 2.54 bits per heavy atom. The lowest BCUT2D eigenvalue weighted by molar-refractivity contribution is -0.393. The second-order valence-electron chi connectivity index (χ2n) is 12.4. The number of hydrazone groups is 1. The molecule has 8 nitrogen and oxygen atoms in total. The smallest absolute Gasteiger partial charge is 0.271 e. The third kappa shape index (κ3) is 5.43. The van der Waals surface area contributed by atoms with Crippen LogP contribution in [0.2, 0.25) is 0 Å². The Kier molecular flexibility index (Phi) is 8.05. The number of allylic oxidation sites excluding steroid dienone is 2. The molecular formula is C29H42N4O4. The first kappa shape index (κ1) is 27.3. The molecule has 4 rings (SSSR count). The topological polar surface area (TPSA) is 111 Å². The van der Waals surface area contributed by atoms with Crippen LogP contribution in [-0.2, 0) is 0 Å². The number of nitrogens with zero attached hydrogens (tertiary/aromatic N) is 3. The highest BCUT2D eigenvalue weighted by Crippen LogP contribution is 2.63. The Balaban J connectivity index is 1.48. The number of benzene rings is 1. The van der Waals surface area contributed by atoms with Crippen LogP contribution in [-0.4, -0.2) is 15.6 Å². The maximum atomic E-state index is 11.5. The molecule has 0 heterocycles. The van der Waals surface area contributed by atoms with Crippen LogP contribution in [0.3, 0.4) is 0 Å². The fraction of sp³-hybridized carbons (Fsp3) is 0.690. The third-order valence-corrected chi connectivity index (χ3v) is 9.88. The number of non-ortho nitro benzene ring substituents is 1. The van der Waals surface area contributed by atoms with Crippen molar-refractivity contribution in [3.8, 4) is 0 Å². The Morgan fingerprint density at radius 2 is 1.86 bits per heavy atom. The molecule has 1 N–H and O–H groups in total. The summed E-state index contributed by atoms with van der Waals surface area (Å²) < 4.78 is 0. The van der Waals surface area contributed by atoms with E-state index >= 15 is 0 Å². The summed E-state index contributed by atoms with van der Waals surface area (Å²) in [6.07, 6.45) is 13.5. The van der Waals surface area contributed by atoms with Gasteiger partial charge in [0.15, 0.2) is 0 Å². The van der Waals surface area contributed by atoms with E-state index in [-0.39, 0.29) is 23.0 Å². The minimum Gasteiger partial charge on any atom is -0.271 e. The van der Waals surface area contributed by atoms with Gasteiger partial charge in [-0.05, 0) is 78.7 Å². The molecule has 1 aromatic carbocycles. The number of anilines is 1. The number of hydrogen-bond donors (Lipinski definition) is 1. The number of hydrogen-bond acceptors (Lipinski definition) is 6. The van der Waals surface area contributed by atoms with Gasteiger partial charge in [-0.15, -0.1) is 0 Å². The minimum absolute atomic E-state index is 0.159. The summed E-state index contributed by atoms with van der Waals surface area (Å²) in [7, 11) is 0. The Morgan fingerprint density at radius 1 is 1.11 bits per heavy atom. The van der Waals surface area contributed by atoms with Gasteiger partial charge in [-0.3, -0.25) is 25.7 Å². The lowest BCUT2D eigenvalue weighted by Gasteiger charge is -2.51. The molecule has 3 aliphatic carbocycles. The average Bonchev–Trinajstić information content (AvgIpc) is 3.20. The van der Waals surface area contributed by atoms with E-state index in [0.29, 0.717) is 23.2 Å². The molecule has 8 heteroatoms. The van der Waals surface area contributed by atoms with Crippen molar-refractivity contribution in [1.29, 1.82) is 0 Å². The first-order valence-electron chi connectivity index (χ1n) is 14.0. The van der Waals surface area contributed by atoms with Gasteiger partial charge in [0.2, 0.25) is 0 Å². The molecule has 3 aliphatic rings. The molecule has 0 spiro atoms. The third-order valence-electron chi connectivity index (χ3n) is 9.88. The predicted molar refractivity (Wildman–Crippen MR) is 148 cm³/mol. The first-order chi connectivity index (χ1) is 17.5. The van der Waals surface area contributed by atoms with Crippen molar-refractivity contribution >= 4 is 22.8 Å². The van der Waals surface area contributed by atoms with E-state index in [1.807, 2.05) is 0 Å². The summed E-state index contributed by atoms with van der Waals surface area (Å²) in [6, 6.07) is 3.59. The van der Waals surface area contributed by atoms with Crippen molar-refractivity contribution in [2.24, 2.45) is 51.9 Å². The molecule has 37 heavy (non-hydrogen) atoms. The SMILES string of the molecule is CC(C)CCC[C@@H](C)[C@H]1CC[C@@H]2[C@@H]3C=C/C(=N\Nc4ccc([N+](=O)[O-])cc4[N+](=O)[O-])[C@@H](C)[C@H]3CC[C@@]21C. The normalized spacial score (nSPS) is 32.7. The van der Waals surface area contributed by atoms with E-state index in [1.165, 1.54) is 57.1 Å². The highest BCUT2D eigenvalue weighted by Gasteiger charge is 2.55. The molecule has 0 bridgehead atoms. The maximum Gasteiger partial charge on any atom is 0.301 e. The summed E-state index contributed by atoms with van der Waals surface area (Å²) >= 11 is 0. The Bertz CT molecular complexity index is 1080. The van der Waals surface area contributed by atoms with Crippen LogP contribution >= 0.6 is 0 Å². The van der Waals surface area contributed by atoms with Crippen molar-refractivity contribution in [2.75, 3.05) is 5.43 Å². The lowest BCUT2D eigenvalue weighted by atomic mass is 9.53. The first-order valence-corrected chi connectivity index (χ1v) is 14.0. The standard InChI is InChI=1S/C29H42N4O4/c1-18(2)7-6-8-19(3)24-11-12-25-23-10-14-26(20(4)22(23)15-16-29(24,25)5)30-31-27-13-9-21(32(34)35)17-28(27)33(36)37/h9-10,13-14,17-20,22-25,31H,6-8,11-12,15-16H2,1-5H3/b30-26+/t19-,20+,22-,23-,24-,25-,29-/m1/s1. The highest BCUT2D eigenvalue weighted by molar-refractivity contribution is 5.98. The summed E-state index contributed by atoms with van der Waals surface area (Å²) in [5.74, 6) is 4.36. The Hall–Kier alpha value is -2.77. The van der Waals surface area contributed by atoms with E-state index in [0.717, 1.165) is 29.5 Å². The molecule has 7 atom stereocenters. The zero-order chi connectivity index (χ0) is 26.9. The van der Waals surface area contributed by atoms with Crippen LogP contribution in [0, 0.1) is 67.1 Å². The average molecular weight is 511 g/mol. The summed E-state index contributed by atoms with van der Waals surface area (Å²) in [4.78, 5) is 21.3. The van der Waals surface area contributed by atoms with Gasteiger partial charge >= 0.3 is 5.69 Å². The number of nitro benzene ring substituents is 2. The monoisotopic (exact) mass is 510 g/mol. The zero-order valence-electron chi connectivity index (χ0n) is 22.9. The van der Waals surface area contributed by atoms with Crippen LogP contribution in [0.4, 0.5) is 17.1 Å². The van der Waals surface area contributed by atoms with Gasteiger partial charge in [0, 0.05) is 12.0 Å². The molecule has 2 fully saturated rings. The second kappa shape index (κ2) is 10.9. The van der Waals surface area contributed by atoms with Crippen LogP contribution < -0.4 is 5.43 Å². The van der Waals surface area contributed by atoms with Crippen molar-refractivity contribution in [2.45, 2.75) is 79.6 Å². The number of rotatable bonds is 9. The van der Waals surface area contributed by atoms with E-state index in [1.54, 1.807) is 0 Å². The van der Waals surface area contributed by atoms with Gasteiger partial charge in [0.05, 0.1) is 21.6 Å². The van der Waals surface area contributed by atoms with Crippen molar-refractivity contribution in [1.82, 2.24) is 0 Å². The molecule has 0 amide bonds. The molecule has 202 valence electrons. The number of nitro groups is 2.